The molecule has 28 heavy (non-hydrogen) atoms. The van der Waals surface area contributed by atoms with Crippen LogP contribution in [0.1, 0.15) is 6.42 Å². The maximum atomic E-state index is 5.62. The first-order valence-electron chi connectivity index (χ1n) is 9.04. The van der Waals surface area contributed by atoms with Crippen LogP contribution in [0.25, 0.3) is 0 Å². The third kappa shape index (κ3) is 6.41. The predicted octanol–water partition coefficient (Wildman–Crippen LogP) is 6.93. The summed E-state index contributed by atoms with van der Waals surface area (Å²) in [7, 11) is 1.68. The van der Waals surface area contributed by atoms with E-state index in [1.165, 1.54) is 0 Å². The van der Waals surface area contributed by atoms with Gasteiger partial charge >= 0.3 is 0 Å². The number of benzene rings is 3. The summed E-state index contributed by atoms with van der Waals surface area (Å²) < 4.78 is 10.6. The Kier molecular flexibility index (Phi) is 7.40. The number of hydrogen-bond acceptors (Lipinski definition) is 6. The molecule has 6 nitrogen and oxygen atoms in total. The van der Waals surface area contributed by atoms with Gasteiger partial charge in [-0.25, -0.2) is 0 Å². The third-order valence-corrected chi connectivity index (χ3v) is 3.77. The summed E-state index contributed by atoms with van der Waals surface area (Å²) in [4.78, 5) is 0. The average molecular weight is 374 g/mol. The van der Waals surface area contributed by atoms with Gasteiger partial charge in [0.1, 0.15) is 5.75 Å². The lowest BCUT2D eigenvalue weighted by molar-refractivity contribution is 0.172. The van der Waals surface area contributed by atoms with Gasteiger partial charge in [0.2, 0.25) is 0 Å². The summed E-state index contributed by atoms with van der Waals surface area (Å²) in [5.74, 6) is 0.809. The highest BCUT2D eigenvalue weighted by molar-refractivity contribution is 5.48. The van der Waals surface area contributed by atoms with Gasteiger partial charge in [0, 0.05) is 20.1 Å². The number of rotatable bonds is 9. The van der Waals surface area contributed by atoms with Crippen molar-refractivity contribution in [3.05, 3.63) is 78.9 Å². The molecule has 0 aliphatic heterocycles. The number of nitrogens with zero attached hydrogens (tertiary/aromatic N) is 4. The first-order chi connectivity index (χ1) is 13.8. The molecule has 142 valence electrons. The minimum atomic E-state index is 0.628. The van der Waals surface area contributed by atoms with E-state index in [0.29, 0.717) is 13.2 Å². The summed E-state index contributed by atoms with van der Waals surface area (Å²) in [6.45, 7) is 1.32. The van der Waals surface area contributed by atoms with Crippen LogP contribution < -0.4 is 4.74 Å². The summed E-state index contributed by atoms with van der Waals surface area (Å²) in [5.41, 5.74) is 3.09. The second-order valence-electron chi connectivity index (χ2n) is 5.94. The molecule has 0 radical (unpaired) electrons. The average Bonchev–Trinajstić information content (AvgIpc) is 2.76. The lowest BCUT2D eigenvalue weighted by Gasteiger charge is -2.05. The highest BCUT2D eigenvalue weighted by Crippen LogP contribution is 2.24. The Morgan fingerprint density at radius 1 is 0.571 bits per heavy atom. The molecular formula is C22H22N4O2. The second kappa shape index (κ2) is 10.7. The third-order valence-electron chi connectivity index (χ3n) is 3.77. The van der Waals surface area contributed by atoms with Crippen LogP contribution in [0.4, 0.5) is 22.7 Å². The van der Waals surface area contributed by atoms with Gasteiger partial charge < -0.3 is 9.47 Å². The molecule has 0 aromatic heterocycles. The van der Waals surface area contributed by atoms with E-state index < -0.39 is 0 Å². The quantitative estimate of drug-likeness (QED) is 0.301. The highest BCUT2D eigenvalue weighted by atomic mass is 16.5. The van der Waals surface area contributed by atoms with Gasteiger partial charge in [-0.2, -0.15) is 20.5 Å². The first kappa shape index (κ1) is 19.4. The Hall–Kier alpha value is -3.38. The van der Waals surface area contributed by atoms with Crippen molar-refractivity contribution in [3.63, 3.8) is 0 Å². The molecule has 0 heterocycles. The molecule has 0 unspecified atom stereocenters. The lowest BCUT2D eigenvalue weighted by atomic mass is 10.3. The molecule has 0 aliphatic carbocycles. The van der Waals surface area contributed by atoms with Crippen molar-refractivity contribution in [2.45, 2.75) is 6.42 Å². The van der Waals surface area contributed by atoms with E-state index in [1.807, 2.05) is 78.9 Å². The van der Waals surface area contributed by atoms with Crippen molar-refractivity contribution < 1.29 is 9.47 Å². The normalized spacial score (nSPS) is 11.3. The van der Waals surface area contributed by atoms with E-state index in [9.17, 15) is 0 Å². The number of ether oxygens (including phenoxy) is 2. The van der Waals surface area contributed by atoms with Crippen molar-refractivity contribution in [1.29, 1.82) is 0 Å². The van der Waals surface area contributed by atoms with Crippen molar-refractivity contribution in [3.8, 4) is 5.75 Å². The zero-order valence-electron chi connectivity index (χ0n) is 15.7. The molecule has 0 saturated carbocycles. The number of hydrogen-bond donors (Lipinski definition) is 0. The molecule has 3 aromatic rings. The maximum Gasteiger partial charge on any atom is 0.119 e. The van der Waals surface area contributed by atoms with Crippen molar-refractivity contribution in [2.75, 3.05) is 20.3 Å². The van der Waals surface area contributed by atoms with Crippen molar-refractivity contribution in [2.24, 2.45) is 20.5 Å². The van der Waals surface area contributed by atoms with E-state index in [0.717, 1.165) is 34.9 Å². The Morgan fingerprint density at radius 3 is 1.54 bits per heavy atom. The maximum absolute atomic E-state index is 5.62. The van der Waals surface area contributed by atoms with Gasteiger partial charge in [-0.15, -0.1) is 0 Å². The van der Waals surface area contributed by atoms with Gasteiger partial charge in [0.05, 0.1) is 29.4 Å². The van der Waals surface area contributed by atoms with E-state index >= 15 is 0 Å². The van der Waals surface area contributed by atoms with Crippen LogP contribution in [0, 0.1) is 0 Å². The van der Waals surface area contributed by atoms with Crippen molar-refractivity contribution in [1.82, 2.24) is 0 Å². The zero-order valence-corrected chi connectivity index (χ0v) is 15.7. The van der Waals surface area contributed by atoms with Crippen LogP contribution in [0.2, 0.25) is 0 Å². The fraction of sp³-hybridized carbons (Fsp3) is 0.182. The monoisotopic (exact) mass is 374 g/mol. The molecule has 0 bridgehead atoms. The van der Waals surface area contributed by atoms with Gasteiger partial charge in [0.15, 0.2) is 0 Å². The molecule has 0 amide bonds. The largest absolute Gasteiger partial charge is 0.494 e. The first-order valence-corrected chi connectivity index (χ1v) is 9.04. The van der Waals surface area contributed by atoms with E-state index in [2.05, 4.69) is 20.5 Å². The Bertz CT molecular complexity index is 892. The summed E-state index contributed by atoms with van der Waals surface area (Å²) in [6, 6.07) is 24.6. The van der Waals surface area contributed by atoms with Crippen LogP contribution >= 0.6 is 0 Å². The minimum absolute atomic E-state index is 0.628. The van der Waals surface area contributed by atoms with Crippen LogP contribution in [-0.2, 0) is 4.74 Å². The molecule has 3 rings (SSSR count). The molecule has 6 heteroatoms. The fourth-order valence-electron chi connectivity index (χ4n) is 2.31. The fourth-order valence-corrected chi connectivity index (χ4v) is 2.31. The minimum Gasteiger partial charge on any atom is -0.494 e. The summed E-state index contributed by atoms with van der Waals surface area (Å²) in [6.07, 6.45) is 0.860. The van der Waals surface area contributed by atoms with Crippen molar-refractivity contribution >= 4 is 22.7 Å². The highest BCUT2D eigenvalue weighted by Gasteiger charge is 1.96. The van der Waals surface area contributed by atoms with Crippen LogP contribution in [0.5, 0.6) is 5.75 Å². The predicted molar refractivity (Wildman–Crippen MR) is 110 cm³/mol. The van der Waals surface area contributed by atoms with Crippen LogP contribution in [0.3, 0.4) is 0 Å². The molecule has 0 atom stereocenters. The summed E-state index contributed by atoms with van der Waals surface area (Å²) >= 11 is 0. The van der Waals surface area contributed by atoms with Crippen LogP contribution in [0.15, 0.2) is 99.3 Å². The SMILES string of the molecule is COCCCOc1ccc(N=Nc2ccc(N=Nc3ccccc3)cc2)cc1. The molecule has 0 saturated heterocycles. The standard InChI is InChI=1S/C22H22N4O2/c1-27-16-5-17-28-22-14-12-21(13-15-22)26-25-20-10-8-19(9-11-20)24-23-18-6-3-2-4-7-18/h2-4,6-15H,5,16-17H2,1H3. The molecule has 0 N–H and O–H groups in total. The molecule has 0 aliphatic rings. The van der Waals surface area contributed by atoms with Gasteiger partial charge in [-0.1, -0.05) is 18.2 Å². The summed E-state index contributed by atoms with van der Waals surface area (Å²) in [5, 5.41) is 16.9. The number of azo groups is 2. The Morgan fingerprint density at radius 2 is 1.04 bits per heavy atom. The zero-order chi connectivity index (χ0) is 19.4. The Balaban J connectivity index is 1.53. The van der Waals surface area contributed by atoms with Gasteiger partial charge in [-0.3, -0.25) is 0 Å². The second-order valence-corrected chi connectivity index (χ2v) is 5.94. The van der Waals surface area contributed by atoms with Gasteiger partial charge in [-0.05, 0) is 60.7 Å². The van der Waals surface area contributed by atoms with E-state index in [-0.39, 0.29) is 0 Å². The Labute approximate surface area is 164 Å². The molecule has 3 aromatic carbocycles. The lowest BCUT2D eigenvalue weighted by Crippen LogP contribution is -2.00. The van der Waals surface area contributed by atoms with E-state index in [1.54, 1.807) is 7.11 Å². The topological polar surface area (TPSA) is 67.9 Å². The van der Waals surface area contributed by atoms with Crippen LogP contribution in [-0.4, -0.2) is 20.3 Å². The number of methoxy groups -OCH3 is 1. The van der Waals surface area contributed by atoms with E-state index in [4.69, 9.17) is 9.47 Å². The smallest absolute Gasteiger partial charge is 0.119 e. The molecular weight excluding hydrogens is 352 g/mol. The molecule has 0 fully saturated rings. The molecule has 0 spiro atoms. The van der Waals surface area contributed by atoms with Gasteiger partial charge in [0.25, 0.3) is 0 Å².